The zero-order chi connectivity index (χ0) is 25.4. The van der Waals surface area contributed by atoms with E-state index in [-0.39, 0.29) is 17.7 Å². The zero-order valence-electron chi connectivity index (χ0n) is 18.4. The minimum atomic E-state index is -5.03. The van der Waals surface area contributed by atoms with Crippen molar-refractivity contribution in [2.45, 2.75) is 37.3 Å². The molecule has 0 bridgehead atoms. The number of piperazine rings is 1. The molecule has 0 saturated carbocycles. The Morgan fingerprint density at radius 2 is 1.60 bits per heavy atom. The molecule has 2 fully saturated rings. The van der Waals surface area contributed by atoms with Crippen LogP contribution in [-0.4, -0.2) is 47.9 Å². The van der Waals surface area contributed by atoms with Gasteiger partial charge in [-0.25, -0.2) is 4.39 Å². The Morgan fingerprint density at radius 1 is 0.943 bits per heavy atom. The lowest BCUT2D eigenvalue weighted by molar-refractivity contribution is -0.143. The summed E-state index contributed by atoms with van der Waals surface area (Å²) in [6.45, 7) is 2.53. The number of carbonyl (C=O) groups excluding carboxylic acids is 1. The number of amides is 1. The Bertz CT molecular complexity index is 1040. The number of hydrogen-bond donors (Lipinski definition) is 2. The van der Waals surface area contributed by atoms with E-state index in [1.165, 1.54) is 18.2 Å². The second-order valence-corrected chi connectivity index (χ2v) is 8.66. The standard InChI is InChI=1S/C23H23F7N4O/c24-19-6-2-1-5-18(19)20(34-9-8-33-7-3-4-17(33)13-34)21(35)32-31-16-11-14(22(25,26)27)10-15(12-16)23(28,29)30/h1-2,5-6,10-12,17,20,31H,3-4,7-9,13H2,(H,32,35)/t17-,20?/m1/s1. The third-order valence-corrected chi connectivity index (χ3v) is 6.35. The van der Waals surface area contributed by atoms with Crippen LogP contribution in [0.15, 0.2) is 42.5 Å². The molecule has 35 heavy (non-hydrogen) atoms. The fourth-order valence-corrected chi connectivity index (χ4v) is 4.68. The lowest BCUT2D eigenvalue weighted by atomic mass is 10.0. The first kappa shape index (κ1) is 25.2. The number of fused-ring (bicyclic) bond motifs is 1. The molecule has 1 amide bonds. The molecular weight excluding hydrogens is 481 g/mol. The number of anilines is 1. The summed E-state index contributed by atoms with van der Waals surface area (Å²) >= 11 is 0. The minimum Gasteiger partial charge on any atom is -0.299 e. The van der Waals surface area contributed by atoms with Crippen LogP contribution in [0.5, 0.6) is 0 Å². The first-order chi connectivity index (χ1) is 16.4. The van der Waals surface area contributed by atoms with Crippen LogP contribution < -0.4 is 10.9 Å². The molecule has 5 nitrogen and oxygen atoms in total. The molecule has 12 heteroatoms. The van der Waals surface area contributed by atoms with Gasteiger partial charge in [0.25, 0.3) is 5.91 Å². The summed E-state index contributed by atoms with van der Waals surface area (Å²) in [4.78, 5) is 17.3. The molecule has 190 valence electrons. The third-order valence-electron chi connectivity index (χ3n) is 6.35. The molecule has 0 aromatic heterocycles. The quantitative estimate of drug-likeness (QED) is 0.453. The highest BCUT2D eigenvalue weighted by Crippen LogP contribution is 2.37. The fraction of sp³-hybridized carbons (Fsp3) is 0.435. The van der Waals surface area contributed by atoms with Gasteiger partial charge in [0.05, 0.1) is 16.8 Å². The van der Waals surface area contributed by atoms with Gasteiger partial charge in [0, 0.05) is 31.2 Å². The van der Waals surface area contributed by atoms with E-state index >= 15 is 0 Å². The lowest BCUT2D eigenvalue weighted by Gasteiger charge is -2.41. The van der Waals surface area contributed by atoms with E-state index in [1.54, 1.807) is 11.0 Å². The van der Waals surface area contributed by atoms with E-state index in [4.69, 9.17) is 0 Å². The maximum atomic E-state index is 14.7. The first-order valence-electron chi connectivity index (χ1n) is 11.0. The van der Waals surface area contributed by atoms with E-state index in [1.807, 2.05) is 0 Å². The predicted molar refractivity (Wildman–Crippen MR) is 114 cm³/mol. The molecular formula is C23H23F7N4O. The molecule has 2 aliphatic rings. The first-order valence-corrected chi connectivity index (χ1v) is 11.0. The number of carbonyl (C=O) groups is 1. The summed E-state index contributed by atoms with van der Waals surface area (Å²) in [7, 11) is 0. The smallest absolute Gasteiger partial charge is 0.299 e. The molecule has 0 aliphatic carbocycles. The summed E-state index contributed by atoms with van der Waals surface area (Å²) in [6, 6.07) is 5.63. The van der Waals surface area contributed by atoms with Crippen LogP contribution in [-0.2, 0) is 17.1 Å². The Hall–Kier alpha value is -2.86. The van der Waals surface area contributed by atoms with Crippen LogP contribution in [0.2, 0.25) is 0 Å². The van der Waals surface area contributed by atoms with Gasteiger partial charge in [0.15, 0.2) is 0 Å². The van der Waals surface area contributed by atoms with Crippen molar-refractivity contribution in [3.05, 3.63) is 65.0 Å². The molecule has 2 aromatic carbocycles. The fourth-order valence-electron chi connectivity index (χ4n) is 4.68. The van der Waals surface area contributed by atoms with Crippen molar-refractivity contribution in [2.24, 2.45) is 0 Å². The summed E-state index contributed by atoms with van der Waals surface area (Å²) in [6.07, 6.45) is -8.13. The molecule has 2 aromatic rings. The normalized spacial score (nSPS) is 20.4. The molecule has 2 N–H and O–H groups in total. The van der Waals surface area contributed by atoms with E-state index < -0.39 is 46.9 Å². The van der Waals surface area contributed by atoms with Crippen molar-refractivity contribution in [1.82, 2.24) is 15.2 Å². The number of nitrogens with zero attached hydrogens (tertiary/aromatic N) is 2. The molecule has 2 aliphatic heterocycles. The highest BCUT2D eigenvalue weighted by Gasteiger charge is 2.39. The van der Waals surface area contributed by atoms with Crippen molar-refractivity contribution in [2.75, 3.05) is 31.6 Å². The average Bonchev–Trinajstić information content (AvgIpc) is 3.26. The van der Waals surface area contributed by atoms with E-state index in [9.17, 15) is 35.5 Å². The van der Waals surface area contributed by atoms with Crippen LogP contribution >= 0.6 is 0 Å². The van der Waals surface area contributed by atoms with Crippen LogP contribution in [0.3, 0.4) is 0 Å². The predicted octanol–water partition coefficient (Wildman–Crippen LogP) is 4.83. The van der Waals surface area contributed by atoms with Crippen LogP contribution in [0.1, 0.15) is 35.6 Å². The van der Waals surface area contributed by atoms with Gasteiger partial charge in [-0.2, -0.15) is 26.3 Å². The molecule has 0 radical (unpaired) electrons. The highest BCUT2D eigenvalue weighted by atomic mass is 19.4. The maximum Gasteiger partial charge on any atom is 0.416 e. The number of alkyl halides is 6. The Morgan fingerprint density at radius 3 is 2.23 bits per heavy atom. The number of rotatable bonds is 5. The van der Waals surface area contributed by atoms with Crippen molar-refractivity contribution in [3.63, 3.8) is 0 Å². The maximum absolute atomic E-state index is 14.7. The summed E-state index contributed by atoms with van der Waals surface area (Å²) in [5.41, 5.74) is 0.781. The largest absolute Gasteiger partial charge is 0.416 e. The SMILES string of the molecule is O=C(NNc1cc(C(F)(F)F)cc(C(F)(F)F)c1)C(c1ccccc1F)N1CCN2CCC[C@@H]2C1. The number of halogens is 7. The monoisotopic (exact) mass is 504 g/mol. The molecule has 2 heterocycles. The minimum absolute atomic E-state index is 0.00373. The summed E-state index contributed by atoms with van der Waals surface area (Å²) in [5, 5.41) is 0. The van der Waals surface area contributed by atoms with Crippen LogP contribution in [0.25, 0.3) is 0 Å². The van der Waals surface area contributed by atoms with E-state index in [0.29, 0.717) is 31.8 Å². The van der Waals surface area contributed by atoms with Gasteiger partial charge < -0.3 is 0 Å². The molecule has 2 atom stereocenters. The summed E-state index contributed by atoms with van der Waals surface area (Å²) < 4.78 is 93.5. The molecule has 4 rings (SSSR count). The molecule has 2 saturated heterocycles. The second-order valence-electron chi connectivity index (χ2n) is 8.66. The number of hydrazine groups is 1. The van der Waals surface area contributed by atoms with Crippen molar-refractivity contribution < 1.29 is 35.5 Å². The number of benzene rings is 2. The van der Waals surface area contributed by atoms with Gasteiger partial charge in [-0.3, -0.25) is 25.4 Å². The van der Waals surface area contributed by atoms with Gasteiger partial charge in [-0.05, 0) is 43.7 Å². The average molecular weight is 504 g/mol. The van der Waals surface area contributed by atoms with E-state index in [2.05, 4.69) is 15.8 Å². The van der Waals surface area contributed by atoms with Crippen LogP contribution in [0, 0.1) is 5.82 Å². The van der Waals surface area contributed by atoms with E-state index in [0.717, 1.165) is 19.4 Å². The van der Waals surface area contributed by atoms with Gasteiger partial charge in [0.2, 0.25) is 0 Å². The zero-order valence-corrected chi connectivity index (χ0v) is 18.4. The Labute approximate surface area is 196 Å². The van der Waals surface area contributed by atoms with Gasteiger partial charge in [0.1, 0.15) is 11.9 Å². The van der Waals surface area contributed by atoms with Crippen molar-refractivity contribution in [1.29, 1.82) is 0 Å². The topological polar surface area (TPSA) is 47.6 Å². The number of nitrogens with one attached hydrogen (secondary N) is 2. The Kier molecular flexibility index (Phi) is 6.96. The van der Waals surface area contributed by atoms with Crippen LogP contribution in [0.4, 0.5) is 36.4 Å². The highest BCUT2D eigenvalue weighted by molar-refractivity contribution is 5.84. The van der Waals surface area contributed by atoms with Gasteiger partial charge in [-0.1, -0.05) is 18.2 Å². The van der Waals surface area contributed by atoms with Gasteiger partial charge in [-0.15, -0.1) is 0 Å². The number of hydrogen-bond acceptors (Lipinski definition) is 4. The molecule has 0 spiro atoms. The lowest BCUT2D eigenvalue weighted by Crippen LogP contribution is -2.54. The summed E-state index contributed by atoms with van der Waals surface area (Å²) in [5.74, 6) is -1.44. The van der Waals surface area contributed by atoms with Gasteiger partial charge >= 0.3 is 12.4 Å². The van der Waals surface area contributed by atoms with Crippen molar-refractivity contribution in [3.8, 4) is 0 Å². The third kappa shape index (κ3) is 5.69. The Balaban J connectivity index is 1.59. The molecule has 1 unspecified atom stereocenters. The van der Waals surface area contributed by atoms with Crippen molar-refractivity contribution >= 4 is 11.6 Å². The second kappa shape index (κ2) is 9.65.